The maximum absolute atomic E-state index is 13.5. The van der Waals surface area contributed by atoms with Crippen LogP contribution in [0.25, 0.3) is 0 Å². The molecule has 0 saturated carbocycles. The number of aromatic nitrogens is 1. The Morgan fingerprint density at radius 2 is 1.63 bits per heavy atom. The Balaban J connectivity index is 1.65. The number of carbonyl (C=O) groups excluding carboxylic acids is 1. The molecule has 0 atom stereocenters. The van der Waals surface area contributed by atoms with Gasteiger partial charge in [-0.05, 0) is 65.1 Å². The van der Waals surface area contributed by atoms with Crippen LogP contribution in [0.2, 0.25) is 5.02 Å². The highest BCUT2D eigenvalue weighted by atomic mass is 35.5. The summed E-state index contributed by atoms with van der Waals surface area (Å²) in [5.74, 6) is -0.174. The first-order chi connectivity index (χ1) is 16.6. The van der Waals surface area contributed by atoms with Gasteiger partial charge >= 0.3 is 0 Å². The van der Waals surface area contributed by atoms with Crippen LogP contribution in [0.4, 0.5) is 5.82 Å². The monoisotopic (exact) mass is 508 g/mol. The summed E-state index contributed by atoms with van der Waals surface area (Å²) in [6.07, 6.45) is 1.59. The second kappa shape index (κ2) is 9.68. The number of furan rings is 1. The largest absolute Gasteiger partial charge is 0.439 e. The highest BCUT2D eigenvalue weighted by Crippen LogP contribution is 2.27. The molecule has 0 spiro atoms. The number of carbonyl (C=O) groups is 1. The Kier molecular flexibility index (Phi) is 6.83. The number of rotatable bonds is 6. The van der Waals surface area contributed by atoms with Gasteiger partial charge in [-0.1, -0.05) is 62.7 Å². The maximum atomic E-state index is 13.5. The summed E-state index contributed by atoms with van der Waals surface area (Å²) in [4.78, 5) is 19.3. The SMILES string of the molecule is CC(C)(C)c1ccc(CN(C(=O)c2ccc(S(=O)(=O)c3ccc(Cl)cc3)o2)c2ccccn2)cc1. The third-order valence-corrected chi connectivity index (χ3v) is 7.41. The quantitative estimate of drug-likeness (QED) is 0.305. The summed E-state index contributed by atoms with van der Waals surface area (Å²) < 4.78 is 31.5. The number of hydrogen-bond acceptors (Lipinski definition) is 5. The summed E-state index contributed by atoms with van der Waals surface area (Å²) >= 11 is 5.87. The molecule has 0 aliphatic heterocycles. The van der Waals surface area contributed by atoms with Gasteiger partial charge in [-0.3, -0.25) is 9.69 Å². The van der Waals surface area contributed by atoms with Crippen molar-refractivity contribution in [3.05, 3.63) is 107 Å². The van der Waals surface area contributed by atoms with E-state index in [0.29, 0.717) is 10.8 Å². The summed E-state index contributed by atoms with van der Waals surface area (Å²) in [6.45, 7) is 6.65. The van der Waals surface area contributed by atoms with Crippen molar-refractivity contribution < 1.29 is 17.6 Å². The first kappa shape index (κ1) is 24.7. The van der Waals surface area contributed by atoms with E-state index < -0.39 is 15.7 Å². The number of benzene rings is 2. The van der Waals surface area contributed by atoms with Gasteiger partial charge in [0.25, 0.3) is 5.91 Å². The van der Waals surface area contributed by atoms with E-state index in [-0.39, 0.29) is 27.7 Å². The van der Waals surface area contributed by atoms with Crippen LogP contribution in [-0.4, -0.2) is 19.3 Å². The number of halogens is 1. The Bertz CT molecular complexity index is 1420. The third-order valence-electron chi connectivity index (χ3n) is 5.51. The fraction of sp³-hybridized carbons (Fsp3) is 0.185. The normalized spacial score (nSPS) is 11.9. The van der Waals surface area contributed by atoms with Gasteiger partial charge in [0.2, 0.25) is 14.9 Å². The molecule has 0 fully saturated rings. The minimum atomic E-state index is -3.95. The Morgan fingerprint density at radius 1 is 0.943 bits per heavy atom. The van der Waals surface area contributed by atoms with E-state index in [9.17, 15) is 13.2 Å². The number of hydrogen-bond donors (Lipinski definition) is 0. The highest BCUT2D eigenvalue weighted by Gasteiger charge is 2.27. The molecule has 2 aromatic heterocycles. The van der Waals surface area contributed by atoms with E-state index >= 15 is 0 Å². The lowest BCUT2D eigenvalue weighted by Crippen LogP contribution is -2.31. The smallest absolute Gasteiger partial charge is 0.295 e. The molecule has 0 N–H and O–H groups in total. The number of anilines is 1. The van der Waals surface area contributed by atoms with Crippen LogP contribution in [0, 0.1) is 0 Å². The average Bonchev–Trinajstić information content (AvgIpc) is 3.34. The predicted molar refractivity (Wildman–Crippen MR) is 136 cm³/mol. The zero-order valence-corrected chi connectivity index (χ0v) is 21.2. The summed E-state index contributed by atoms with van der Waals surface area (Å²) in [5, 5.41) is 0.0967. The molecule has 2 aromatic carbocycles. The molecule has 0 radical (unpaired) electrons. The van der Waals surface area contributed by atoms with Crippen LogP contribution in [0.1, 0.15) is 42.5 Å². The maximum Gasteiger partial charge on any atom is 0.295 e. The van der Waals surface area contributed by atoms with Crippen molar-refractivity contribution >= 4 is 33.2 Å². The van der Waals surface area contributed by atoms with Crippen molar-refractivity contribution in [3.8, 4) is 0 Å². The molecule has 1 amide bonds. The second-order valence-corrected chi connectivity index (χ2v) is 11.4. The van der Waals surface area contributed by atoms with Crippen LogP contribution in [0.5, 0.6) is 0 Å². The van der Waals surface area contributed by atoms with Gasteiger partial charge in [-0.25, -0.2) is 13.4 Å². The van der Waals surface area contributed by atoms with E-state index in [1.165, 1.54) is 46.9 Å². The van der Waals surface area contributed by atoms with Gasteiger partial charge in [-0.2, -0.15) is 0 Å². The second-order valence-electron chi connectivity index (χ2n) is 9.10. The molecular weight excluding hydrogens is 484 g/mol. The van der Waals surface area contributed by atoms with Gasteiger partial charge in [0, 0.05) is 11.2 Å². The van der Waals surface area contributed by atoms with Gasteiger partial charge < -0.3 is 4.42 Å². The van der Waals surface area contributed by atoms with Gasteiger partial charge in [0.15, 0.2) is 5.76 Å². The average molecular weight is 509 g/mol. The minimum Gasteiger partial charge on any atom is -0.439 e. The molecule has 2 heterocycles. The molecule has 0 unspecified atom stereocenters. The Morgan fingerprint density at radius 3 is 2.23 bits per heavy atom. The molecule has 0 saturated heterocycles. The van der Waals surface area contributed by atoms with Crippen molar-refractivity contribution in [2.24, 2.45) is 0 Å². The number of nitrogens with zero attached hydrogens (tertiary/aromatic N) is 2. The lowest BCUT2D eigenvalue weighted by molar-refractivity contribution is 0.0952. The number of pyridine rings is 1. The zero-order valence-electron chi connectivity index (χ0n) is 19.6. The van der Waals surface area contributed by atoms with Crippen LogP contribution < -0.4 is 4.90 Å². The third kappa shape index (κ3) is 5.47. The standard InChI is InChI=1S/C27H25ClN2O4S/c1-27(2,3)20-9-7-19(8-10-20)18-30(24-6-4-5-17-29-24)26(31)23-15-16-25(34-23)35(32,33)22-13-11-21(28)12-14-22/h4-17H,18H2,1-3H3. The Labute approximate surface area is 210 Å². The molecule has 0 bridgehead atoms. The molecule has 0 aliphatic rings. The molecule has 180 valence electrons. The molecule has 4 aromatic rings. The lowest BCUT2D eigenvalue weighted by atomic mass is 9.87. The van der Waals surface area contributed by atoms with Crippen molar-refractivity contribution in [3.63, 3.8) is 0 Å². The van der Waals surface area contributed by atoms with Crippen LogP contribution >= 0.6 is 11.6 Å². The first-order valence-electron chi connectivity index (χ1n) is 11.0. The van der Waals surface area contributed by atoms with E-state index in [1.807, 2.05) is 24.3 Å². The number of amides is 1. The van der Waals surface area contributed by atoms with Crippen LogP contribution in [0.3, 0.4) is 0 Å². The van der Waals surface area contributed by atoms with E-state index in [2.05, 4.69) is 25.8 Å². The molecule has 35 heavy (non-hydrogen) atoms. The summed E-state index contributed by atoms with van der Waals surface area (Å²) in [7, 11) is -3.95. The number of sulfone groups is 1. The molecule has 8 heteroatoms. The van der Waals surface area contributed by atoms with Gasteiger partial charge in [0.05, 0.1) is 11.4 Å². The van der Waals surface area contributed by atoms with Crippen LogP contribution in [-0.2, 0) is 21.8 Å². The van der Waals surface area contributed by atoms with Crippen molar-refractivity contribution in [2.75, 3.05) is 4.90 Å². The molecular formula is C27H25ClN2O4S. The van der Waals surface area contributed by atoms with Crippen molar-refractivity contribution in [2.45, 2.75) is 42.7 Å². The van der Waals surface area contributed by atoms with Gasteiger partial charge in [0.1, 0.15) is 5.82 Å². The first-order valence-corrected chi connectivity index (χ1v) is 12.8. The van der Waals surface area contributed by atoms with E-state index in [4.69, 9.17) is 16.0 Å². The topological polar surface area (TPSA) is 80.5 Å². The van der Waals surface area contributed by atoms with E-state index in [1.54, 1.807) is 24.4 Å². The van der Waals surface area contributed by atoms with Crippen molar-refractivity contribution in [1.82, 2.24) is 4.98 Å². The predicted octanol–water partition coefficient (Wildman–Crippen LogP) is 6.31. The zero-order chi connectivity index (χ0) is 25.2. The van der Waals surface area contributed by atoms with Gasteiger partial charge in [-0.15, -0.1) is 0 Å². The fourth-order valence-corrected chi connectivity index (χ4v) is 4.80. The summed E-state index contributed by atoms with van der Waals surface area (Å²) in [5.41, 5.74) is 2.09. The fourth-order valence-electron chi connectivity index (χ4n) is 3.51. The molecule has 0 aliphatic carbocycles. The van der Waals surface area contributed by atoms with Crippen LogP contribution in [0.15, 0.2) is 99.5 Å². The minimum absolute atomic E-state index is 0.00910. The lowest BCUT2D eigenvalue weighted by Gasteiger charge is -2.22. The molecule has 6 nitrogen and oxygen atoms in total. The summed E-state index contributed by atoms with van der Waals surface area (Å²) in [6, 6.07) is 21.7. The Hall–Kier alpha value is -3.42. The molecule has 4 rings (SSSR count). The highest BCUT2D eigenvalue weighted by molar-refractivity contribution is 7.91. The van der Waals surface area contributed by atoms with Crippen molar-refractivity contribution in [1.29, 1.82) is 0 Å². The van der Waals surface area contributed by atoms with E-state index in [0.717, 1.165) is 5.56 Å².